The summed E-state index contributed by atoms with van der Waals surface area (Å²) in [4.78, 5) is 12.4. The zero-order chi connectivity index (χ0) is 26.3. The van der Waals surface area contributed by atoms with Crippen LogP contribution in [-0.2, 0) is 10.2 Å². The van der Waals surface area contributed by atoms with Crippen LogP contribution in [0.25, 0.3) is 23.2 Å². The quantitative estimate of drug-likeness (QED) is 0.174. The summed E-state index contributed by atoms with van der Waals surface area (Å²) in [7, 11) is 1.63. The van der Waals surface area contributed by atoms with Crippen molar-refractivity contribution in [1.29, 1.82) is 0 Å². The lowest BCUT2D eigenvalue weighted by atomic mass is 9.87. The van der Waals surface area contributed by atoms with Gasteiger partial charge in [-0.15, -0.1) is 10.2 Å². The third kappa shape index (κ3) is 6.77. The van der Waals surface area contributed by atoms with Gasteiger partial charge in [-0.1, -0.05) is 56.8 Å². The van der Waals surface area contributed by atoms with Crippen LogP contribution in [0.4, 0.5) is 0 Å². The Labute approximate surface area is 220 Å². The molecule has 2 aromatic heterocycles. The van der Waals surface area contributed by atoms with Crippen LogP contribution in [0.15, 0.2) is 87.7 Å². The zero-order valence-electron chi connectivity index (χ0n) is 21.2. The summed E-state index contributed by atoms with van der Waals surface area (Å²) in [5.41, 5.74) is 5.60. The number of amides is 1. The fourth-order valence-electron chi connectivity index (χ4n) is 3.47. The molecule has 4 rings (SSSR count). The number of carbonyl (C=O) groups is 1. The number of rotatable bonds is 9. The second kappa shape index (κ2) is 11.7. The lowest BCUT2D eigenvalue weighted by molar-refractivity contribution is -0.118. The zero-order valence-corrected chi connectivity index (χ0v) is 22.0. The standard InChI is InChI=1S/C28H29N5O3S/c1-28(2,3)21-11-9-20(10-12-21)26-31-32-27(33(26)22-13-15-23(35-4)16-14-22)37-19-25(34)30-29-17-5-7-24-8-6-18-36-24/h5-18H,19H2,1-4H3,(H,30,34)/b7-5+,29-17+. The molecule has 4 aromatic rings. The molecule has 1 N–H and O–H groups in total. The van der Waals surface area contributed by atoms with Crippen molar-refractivity contribution >= 4 is 30.0 Å². The van der Waals surface area contributed by atoms with E-state index in [1.54, 1.807) is 31.6 Å². The Bertz CT molecular complexity index is 1370. The van der Waals surface area contributed by atoms with Gasteiger partial charge >= 0.3 is 0 Å². The highest BCUT2D eigenvalue weighted by molar-refractivity contribution is 7.99. The largest absolute Gasteiger partial charge is 0.497 e. The van der Waals surface area contributed by atoms with E-state index in [9.17, 15) is 4.79 Å². The Morgan fingerprint density at radius 2 is 1.86 bits per heavy atom. The number of nitrogens with one attached hydrogen (secondary N) is 1. The molecule has 0 aliphatic heterocycles. The summed E-state index contributed by atoms with van der Waals surface area (Å²) in [6.45, 7) is 6.54. The Morgan fingerprint density at radius 3 is 2.51 bits per heavy atom. The highest BCUT2D eigenvalue weighted by Gasteiger charge is 2.19. The third-order valence-corrected chi connectivity index (χ3v) is 6.39. The van der Waals surface area contributed by atoms with E-state index >= 15 is 0 Å². The number of aromatic nitrogens is 3. The Hall–Kier alpha value is -4.11. The molecule has 0 aliphatic carbocycles. The average molecular weight is 516 g/mol. The van der Waals surface area contributed by atoms with Gasteiger partial charge in [-0.05, 0) is 59.5 Å². The molecule has 2 heterocycles. The van der Waals surface area contributed by atoms with Gasteiger partial charge in [-0.25, -0.2) is 5.43 Å². The Morgan fingerprint density at radius 1 is 1.11 bits per heavy atom. The maximum atomic E-state index is 12.4. The lowest BCUT2D eigenvalue weighted by Gasteiger charge is -2.19. The van der Waals surface area contributed by atoms with Crippen molar-refractivity contribution < 1.29 is 13.9 Å². The number of allylic oxidation sites excluding steroid dienone is 1. The van der Waals surface area contributed by atoms with E-state index in [-0.39, 0.29) is 17.1 Å². The van der Waals surface area contributed by atoms with Crippen LogP contribution >= 0.6 is 11.8 Å². The van der Waals surface area contributed by atoms with Gasteiger partial charge in [0.05, 0.1) is 19.1 Å². The maximum absolute atomic E-state index is 12.4. The van der Waals surface area contributed by atoms with E-state index < -0.39 is 0 Å². The Balaban J connectivity index is 1.51. The van der Waals surface area contributed by atoms with Gasteiger partial charge in [-0.2, -0.15) is 5.10 Å². The second-order valence-electron chi connectivity index (χ2n) is 9.14. The van der Waals surface area contributed by atoms with Crippen molar-refractivity contribution in [2.75, 3.05) is 12.9 Å². The van der Waals surface area contributed by atoms with Crippen molar-refractivity contribution in [2.24, 2.45) is 5.10 Å². The highest BCUT2D eigenvalue weighted by Crippen LogP contribution is 2.30. The topological polar surface area (TPSA) is 94.5 Å². The fourth-order valence-corrected chi connectivity index (χ4v) is 4.22. The average Bonchev–Trinajstić information content (AvgIpc) is 3.57. The van der Waals surface area contributed by atoms with Crippen LogP contribution in [0.5, 0.6) is 5.75 Å². The first kappa shape index (κ1) is 26.0. The van der Waals surface area contributed by atoms with Gasteiger partial charge in [-0.3, -0.25) is 9.36 Å². The molecule has 37 heavy (non-hydrogen) atoms. The van der Waals surface area contributed by atoms with Crippen molar-refractivity contribution in [3.8, 4) is 22.8 Å². The van der Waals surface area contributed by atoms with E-state index in [1.165, 1.54) is 23.5 Å². The van der Waals surface area contributed by atoms with E-state index in [1.807, 2.05) is 34.9 Å². The van der Waals surface area contributed by atoms with Crippen molar-refractivity contribution in [3.05, 3.63) is 84.3 Å². The molecule has 0 spiro atoms. The van der Waals surface area contributed by atoms with E-state index in [0.29, 0.717) is 16.7 Å². The van der Waals surface area contributed by atoms with Gasteiger partial charge in [0, 0.05) is 17.5 Å². The monoisotopic (exact) mass is 515 g/mol. The van der Waals surface area contributed by atoms with Crippen LogP contribution in [-0.4, -0.2) is 39.7 Å². The van der Waals surface area contributed by atoms with E-state index in [4.69, 9.17) is 9.15 Å². The predicted octanol–water partition coefficient (Wildman–Crippen LogP) is 5.74. The Kier molecular flexibility index (Phi) is 8.25. The molecule has 0 fully saturated rings. The minimum absolute atomic E-state index is 0.0492. The first-order valence-corrected chi connectivity index (χ1v) is 12.7. The number of hydrogen-bond donors (Lipinski definition) is 1. The van der Waals surface area contributed by atoms with Crippen molar-refractivity contribution in [2.45, 2.75) is 31.3 Å². The number of benzene rings is 2. The molecule has 8 nitrogen and oxygen atoms in total. The number of ether oxygens (including phenoxy) is 1. The van der Waals surface area contributed by atoms with Crippen LogP contribution in [0.1, 0.15) is 32.1 Å². The highest BCUT2D eigenvalue weighted by atomic mass is 32.2. The van der Waals surface area contributed by atoms with Gasteiger partial charge in [0.15, 0.2) is 11.0 Å². The number of carbonyl (C=O) groups excluding carboxylic acids is 1. The second-order valence-corrected chi connectivity index (χ2v) is 10.1. The summed E-state index contributed by atoms with van der Waals surface area (Å²) in [6, 6.07) is 19.6. The van der Waals surface area contributed by atoms with Gasteiger partial charge in [0.2, 0.25) is 0 Å². The first-order chi connectivity index (χ1) is 17.8. The van der Waals surface area contributed by atoms with Crippen LogP contribution in [0.3, 0.4) is 0 Å². The molecule has 0 saturated carbocycles. The minimum Gasteiger partial charge on any atom is -0.497 e. The SMILES string of the molecule is COc1ccc(-n2c(SCC(=O)N/N=C/C=C/c3ccco3)nnc2-c2ccc(C(C)(C)C)cc2)cc1. The van der Waals surface area contributed by atoms with E-state index in [2.05, 4.69) is 65.8 Å². The summed E-state index contributed by atoms with van der Waals surface area (Å²) >= 11 is 1.28. The molecule has 0 aliphatic rings. The third-order valence-electron chi connectivity index (χ3n) is 5.46. The van der Waals surface area contributed by atoms with Crippen LogP contribution < -0.4 is 10.2 Å². The summed E-state index contributed by atoms with van der Waals surface area (Å²) in [5, 5.41) is 13.4. The molecular weight excluding hydrogens is 486 g/mol. The lowest BCUT2D eigenvalue weighted by Crippen LogP contribution is -2.19. The molecule has 0 saturated heterocycles. The molecule has 1 amide bonds. The smallest absolute Gasteiger partial charge is 0.250 e. The molecule has 190 valence electrons. The van der Waals surface area contributed by atoms with Crippen LogP contribution in [0, 0.1) is 0 Å². The number of furan rings is 1. The fraction of sp³-hybridized carbons (Fsp3) is 0.214. The van der Waals surface area contributed by atoms with E-state index in [0.717, 1.165) is 17.0 Å². The van der Waals surface area contributed by atoms with Crippen molar-refractivity contribution in [1.82, 2.24) is 20.2 Å². The minimum atomic E-state index is -0.256. The van der Waals surface area contributed by atoms with Gasteiger partial charge < -0.3 is 9.15 Å². The summed E-state index contributed by atoms with van der Waals surface area (Å²) in [6.07, 6.45) is 6.51. The van der Waals surface area contributed by atoms with Crippen molar-refractivity contribution in [3.63, 3.8) is 0 Å². The predicted molar refractivity (Wildman–Crippen MR) is 147 cm³/mol. The van der Waals surface area contributed by atoms with Crippen LogP contribution in [0.2, 0.25) is 0 Å². The molecular formula is C28H29N5O3S. The molecule has 9 heteroatoms. The molecule has 2 aromatic carbocycles. The number of thioether (sulfide) groups is 1. The number of hydrazone groups is 1. The maximum Gasteiger partial charge on any atom is 0.250 e. The van der Waals surface area contributed by atoms with Gasteiger partial charge in [0.25, 0.3) is 5.91 Å². The molecule has 0 atom stereocenters. The normalized spacial score (nSPS) is 11.9. The number of hydrogen-bond acceptors (Lipinski definition) is 7. The molecule has 0 radical (unpaired) electrons. The first-order valence-electron chi connectivity index (χ1n) is 11.7. The molecule has 0 bridgehead atoms. The summed E-state index contributed by atoms with van der Waals surface area (Å²) < 4.78 is 12.5. The number of nitrogens with zero attached hydrogens (tertiary/aromatic N) is 4. The summed E-state index contributed by atoms with van der Waals surface area (Å²) in [5.74, 6) is 2.01. The van der Waals surface area contributed by atoms with Gasteiger partial charge in [0.1, 0.15) is 11.5 Å². The number of methoxy groups -OCH3 is 1. The molecule has 0 unspecified atom stereocenters.